The normalized spacial score (nSPS) is 11.8. The molecule has 9 heteroatoms. The first-order valence-electron chi connectivity index (χ1n) is 6.56. The Bertz CT molecular complexity index is 643. The summed E-state index contributed by atoms with van der Waals surface area (Å²) in [5.74, 6) is 0. The van der Waals surface area contributed by atoms with Crippen LogP contribution in [0.15, 0.2) is 74.9 Å². The lowest BCUT2D eigenvalue weighted by Gasteiger charge is -2.39. The maximum Gasteiger partial charge on any atom is 0.505 e. The lowest BCUT2D eigenvalue weighted by Crippen LogP contribution is -2.77. The van der Waals surface area contributed by atoms with Gasteiger partial charge in [-0.3, -0.25) is 4.98 Å². The highest BCUT2D eigenvalue weighted by molar-refractivity contribution is 6.66. The first kappa shape index (κ1) is 11.7. The summed E-state index contributed by atoms with van der Waals surface area (Å²) in [4.78, 5) is 15.7. The Morgan fingerprint density at radius 3 is 1.67 bits per heavy atom. The summed E-state index contributed by atoms with van der Waals surface area (Å²) >= 11 is 0. The SMILES string of the molecule is c1cn([B-](n2ccnc2)(n2ccnc2)[n+]2cc[nH]c2)cn1. The third-order valence-corrected chi connectivity index (χ3v) is 3.74. The van der Waals surface area contributed by atoms with Gasteiger partial charge in [-0.2, -0.15) is 0 Å². The standard InChI is InChI=1S/C12H13BN8/c1-5-18(9-14-1)13(19-6-2-15-10-19,20-7-3-16-11-20)21-8-4-17-12-21/h1-12,14H. The third-order valence-electron chi connectivity index (χ3n) is 3.74. The molecule has 0 atom stereocenters. The summed E-state index contributed by atoms with van der Waals surface area (Å²) in [6.07, 6.45) is 22.2. The zero-order chi connectivity index (χ0) is 14.1. The Balaban J connectivity index is 2.10. The number of imidazole rings is 4. The Kier molecular flexibility index (Phi) is 2.50. The fraction of sp³-hybridized carbons (Fsp3) is 0. The predicted molar refractivity (Wildman–Crippen MR) is 75.0 cm³/mol. The monoisotopic (exact) mass is 280 g/mol. The largest absolute Gasteiger partial charge is 0.505 e. The van der Waals surface area contributed by atoms with Crippen LogP contribution in [0.3, 0.4) is 0 Å². The summed E-state index contributed by atoms with van der Waals surface area (Å²) < 4.78 is 8.19. The van der Waals surface area contributed by atoms with Gasteiger partial charge in [-0.05, 0) is 18.6 Å². The van der Waals surface area contributed by atoms with Crippen molar-refractivity contribution in [1.29, 1.82) is 0 Å². The van der Waals surface area contributed by atoms with Crippen molar-refractivity contribution in [3.63, 3.8) is 0 Å². The minimum atomic E-state index is -1.61. The van der Waals surface area contributed by atoms with Crippen molar-refractivity contribution in [2.45, 2.75) is 0 Å². The number of rotatable bonds is 4. The fourth-order valence-electron chi connectivity index (χ4n) is 2.86. The lowest BCUT2D eigenvalue weighted by atomic mass is 9.72. The number of nitrogens with one attached hydrogen (secondary N) is 1. The first-order chi connectivity index (χ1) is 10.4. The minimum Gasteiger partial charge on any atom is -0.433 e. The van der Waals surface area contributed by atoms with Crippen molar-refractivity contribution in [1.82, 2.24) is 33.4 Å². The smallest absolute Gasteiger partial charge is 0.433 e. The maximum absolute atomic E-state index is 4.21. The van der Waals surface area contributed by atoms with Crippen LogP contribution < -0.4 is 4.48 Å². The molecule has 104 valence electrons. The van der Waals surface area contributed by atoms with Crippen LogP contribution in [0.5, 0.6) is 0 Å². The van der Waals surface area contributed by atoms with Gasteiger partial charge in [0.05, 0.1) is 25.2 Å². The van der Waals surface area contributed by atoms with Gasteiger partial charge in [0.15, 0.2) is 6.33 Å². The molecule has 0 saturated carbocycles. The average Bonchev–Trinajstić information content (AvgIpc) is 3.32. The molecule has 1 N–H and O–H groups in total. The summed E-state index contributed by atoms with van der Waals surface area (Å²) in [5, 5.41) is 0. The van der Waals surface area contributed by atoms with Crippen LogP contribution in [0.25, 0.3) is 0 Å². The second-order valence-electron chi connectivity index (χ2n) is 4.78. The zero-order valence-electron chi connectivity index (χ0n) is 11.1. The maximum atomic E-state index is 4.21. The fourth-order valence-corrected chi connectivity index (χ4v) is 2.86. The quantitative estimate of drug-likeness (QED) is 0.527. The van der Waals surface area contributed by atoms with Crippen LogP contribution in [0.1, 0.15) is 0 Å². The molecule has 0 saturated heterocycles. The van der Waals surface area contributed by atoms with Gasteiger partial charge in [0.2, 0.25) is 0 Å². The number of nitrogens with zero attached hydrogens (tertiary/aromatic N) is 7. The molecular weight excluding hydrogens is 267 g/mol. The molecule has 8 nitrogen and oxygen atoms in total. The van der Waals surface area contributed by atoms with Crippen LogP contribution in [-0.4, -0.2) is 40.1 Å². The Labute approximate surface area is 120 Å². The van der Waals surface area contributed by atoms with Crippen LogP contribution in [0.4, 0.5) is 0 Å². The molecule has 0 radical (unpaired) electrons. The van der Waals surface area contributed by atoms with E-state index in [0.29, 0.717) is 0 Å². The van der Waals surface area contributed by atoms with Crippen molar-refractivity contribution >= 4 is 6.69 Å². The van der Waals surface area contributed by atoms with Gasteiger partial charge in [-0.1, -0.05) is 0 Å². The van der Waals surface area contributed by atoms with Gasteiger partial charge in [-0.25, -0.2) is 15.0 Å². The van der Waals surface area contributed by atoms with Crippen LogP contribution in [0, 0.1) is 0 Å². The number of H-pyrrole nitrogens is 1. The van der Waals surface area contributed by atoms with Crippen molar-refractivity contribution in [2.75, 3.05) is 0 Å². The molecule has 0 fully saturated rings. The lowest BCUT2D eigenvalue weighted by molar-refractivity contribution is -0.554. The molecule has 4 rings (SSSR count). The van der Waals surface area contributed by atoms with Gasteiger partial charge in [0, 0.05) is 18.6 Å². The molecule has 4 aromatic heterocycles. The van der Waals surface area contributed by atoms with E-state index in [1.165, 1.54) is 0 Å². The van der Waals surface area contributed by atoms with Crippen molar-refractivity contribution in [3.05, 3.63) is 74.9 Å². The molecule has 0 aliphatic rings. The molecule has 4 heterocycles. The summed E-state index contributed by atoms with van der Waals surface area (Å²) in [6.45, 7) is -1.61. The molecule has 0 aliphatic carbocycles. The summed E-state index contributed by atoms with van der Waals surface area (Å²) in [7, 11) is 0. The van der Waals surface area contributed by atoms with Crippen molar-refractivity contribution < 1.29 is 4.48 Å². The zero-order valence-corrected chi connectivity index (χ0v) is 11.1. The average molecular weight is 280 g/mol. The van der Waals surface area contributed by atoms with E-state index in [1.54, 1.807) is 37.6 Å². The van der Waals surface area contributed by atoms with E-state index in [0.717, 1.165) is 0 Å². The van der Waals surface area contributed by atoms with Gasteiger partial charge < -0.3 is 17.9 Å². The topological polar surface area (TPSA) is 73.1 Å². The molecule has 0 spiro atoms. The molecule has 0 bridgehead atoms. The molecule has 0 unspecified atom stereocenters. The highest BCUT2D eigenvalue weighted by Gasteiger charge is 2.40. The number of aromatic amines is 1. The number of aromatic nitrogens is 8. The van der Waals surface area contributed by atoms with E-state index in [2.05, 4.69) is 24.4 Å². The number of hydrogen-bond donors (Lipinski definition) is 1. The highest BCUT2D eigenvalue weighted by Crippen LogP contribution is 2.10. The van der Waals surface area contributed by atoms with Crippen LogP contribution in [0.2, 0.25) is 0 Å². The van der Waals surface area contributed by atoms with E-state index in [-0.39, 0.29) is 0 Å². The van der Waals surface area contributed by atoms with E-state index in [9.17, 15) is 0 Å². The van der Waals surface area contributed by atoms with Gasteiger partial charge >= 0.3 is 6.69 Å². The van der Waals surface area contributed by atoms with E-state index < -0.39 is 6.69 Å². The predicted octanol–water partition coefficient (Wildman–Crippen LogP) is -0.180. The molecule has 21 heavy (non-hydrogen) atoms. The molecule has 0 aromatic carbocycles. The van der Waals surface area contributed by atoms with Gasteiger partial charge in [0.25, 0.3) is 0 Å². The third kappa shape index (κ3) is 1.57. The Morgan fingerprint density at radius 1 is 0.810 bits per heavy atom. The van der Waals surface area contributed by atoms with Crippen molar-refractivity contribution in [2.24, 2.45) is 0 Å². The van der Waals surface area contributed by atoms with E-state index in [1.807, 2.05) is 50.7 Å². The molecule has 0 aliphatic heterocycles. The van der Waals surface area contributed by atoms with Gasteiger partial charge in [-0.15, -0.1) is 0 Å². The molecular formula is C12H13BN8. The number of hydrogen-bond acceptors (Lipinski definition) is 3. The Morgan fingerprint density at radius 2 is 1.33 bits per heavy atom. The van der Waals surface area contributed by atoms with E-state index >= 15 is 0 Å². The first-order valence-corrected chi connectivity index (χ1v) is 6.56. The van der Waals surface area contributed by atoms with E-state index in [4.69, 9.17) is 0 Å². The van der Waals surface area contributed by atoms with Crippen molar-refractivity contribution in [3.8, 4) is 0 Å². The van der Waals surface area contributed by atoms with Crippen LogP contribution >= 0.6 is 0 Å². The second kappa shape index (κ2) is 4.48. The summed E-state index contributed by atoms with van der Waals surface area (Å²) in [6, 6.07) is 0. The molecule has 4 aromatic rings. The molecule has 0 amide bonds. The minimum absolute atomic E-state index is 1.61. The highest BCUT2D eigenvalue weighted by atomic mass is 15.4. The second-order valence-corrected chi connectivity index (χ2v) is 4.78. The Hall–Kier alpha value is -3.10. The summed E-state index contributed by atoms with van der Waals surface area (Å²) in [5.41, 5.74) is 0. The van der Waals surface area contributed by atoms with Crippen LogP contribution in [-0.2, 0) is 0 Å². The van der Waals surface area contributed by atoms with Gasteiger partial charge in [0.1, 0.15) is 6.20 Å².